The minimum absolute atomic E-state index is 0.188. The standard InChI is InChI=1S/C10H7BrN2O2/c11-9-7-4-2-1-3-6(7)5-8(13-9)15-10(12)14/h1-5H,(H2,12,14). The number of aromatic nitrogens is 1. The van der Waals surface area contributed by atoms with E-state index in [0.717, 1.165) is 10.8 Å². The fraction of sp³-hybridized carbons (Fsp3) is 0. The van der Waals surface area contributed by atoms with Gasteiger partial charge in [-0.05, 0) is 21.3 Å². The van der Waals surface area contributed by atoms with E-state index < -0.39 is 6.09 Å². The maximum absolute atomic E-state index is 10.6. The predicted molar refractivity (Wildman–Crippen MR) is 59.7 cm³/mol. The highest BCUT2D eigenvalue weighted by Gasteiger charge is 2.05. The molecule has 1 aromatic carbocycles. The maximum Gasteiger partial charge on any atom is 0.411 e. The molecule has 0 aliphatic rings. The molecule has 1 heterocycles. The van der Waals surface area contributed by atoms with Gasteiger partial charge in [-0.15, -0.1) is 0 Å². The predicted octanol–water partition coefficient (Wildman–Crippen LogP) is 2.45. The largest absolute Gasteiger partial charge is 0.411 e. The Morgan fingerprint density at radius 2 is 2.13 bits per heavy atom. The molecule has 5 heteroatoms. The van der Waals surface area contributed by atoms with E-state index in [1.165, 1.54) is 0 Å². The minimum Gasteiger partial charge on any atom is -0.391 e. The molecule has 0 atom stereocenters. The fourth-order valence-electron chi connectivity index (χ4n) is 1.29. The zero-order valence-corrected chi connectivity index (χ0v) is 9.19. The molecule has 0 saturated heterocycles. The Kier molecular flexibility index (Phi) is 2.55. The molecule has 0 aliphatic carbocycles. The molecule has 76 valence electrons. The van der Waals surface area contributed by atoms with Gasteiger partial charge in [-0.2, -0.15) is 0 Å². The summed E-state index contributed by atoms with van der Waals surface area (Å²) in [7, 11) is 0. The molecule has 1 amide bonds. The lowest BCUT2D eigenvalue weighted by Crippen LogP contribution is -2.16. The molecule has 0 unspecified atom stereocenters. The number of carbonyl (C=O) groups excluding carboxylic acids is 1. The van der Waals surface area contributed by atoms with E-state index in [1.807, 2.05) is 24.3 Å². The molecule has 4 nitrogen and oxygen atoms in total. The van der Waals surface area contributed by atoms with Gasteiger partial charge < -0.3 is 10.5 Å². The number of pyridine rings is 1. The van der Waals surface area contributed by atoms with E-state index in [-0.39, 0.29) is 5.88 Å². The van der Waals surface area contributed by atoms with Crippen molar-refractivity contribution in [2.75, 3.05) is 0 Å². The van der Waals surface area contributed by atoms with Crippen LogP contribution in [0.25, 0.3) is 10.8 Å². The molecule has 0 bridgehead atoms. The van der Waals surface area contributed by atoms with E-state index in [4.69, 9.17) is 10.5 Å². The van der Waals surface area contributed by atoms with E-state index in [0.29, 0.717) is 4.60 Å². The summed E-state index contributed by atoms with van der Waals surface area (Å²) in [5.41, 5.74) is 4.90. The van der Waals surface area contributed by atoms with Crippen LogP contribution in [0.5, 0.6) is 5.88 Å². The van der Waals surface area contributed by atoms with E-state index in [2.05, 4.69) is 20.9 Å². The number of halogens is 1. The number of hydrogen-bond donors (Lipinski definition) is 1. The first-order valence-corrected chi connectivity index (χ1v) is 4.98. The Morgan fingerprint density at radius 3 is 2.87 bits per heavy atom. The van der Waals surface area contributed by atoms with Crippen LogP contribution in [-0.2, 0) is 0 Å². The Hall–Kier alpha value is -1.62. The quantitative estimate of drug-likeness (QED) is 0.807. The van der Waals surface area contributed by atoms with Gasteiger partial charge in [-0.3, -0.25) is 0 Å². The normalized spacial score (nSPS) is 10.2. The van der Waals surface area contributed by atoms with Crippen molar-refractivity contribution in [1.82, 2.24) is 4.98 Å². The van der Waals surface area contributed by atoms with Crippen molar-refractivity contribution in [3.8, 4) is 5.88 Å². The Morgan fingerprint density at radius 1 is 1.40 bits per heavy atom. The van der Waals surface area contributed by atoms with Gasteiger partial charge in [-0.1, -0.05) is 24.3 Å². The van der Waals surface area contributed by atoms with Crippen LogP contribution in [0.15, 0.2) is 34.9 Å². The number of nitrogens with zero attached hydrogens (tertiary/aromatic N) is 1. The number of carbonyl (C=O) groups is 1. The monoisotopic (exact) mass is 266 g/mol. The van der Waals surface area contributed by atoms with Crippen molar-refractivity contribution in [3.63, 3.8) is 0 Å². The van der Waals surface area contributed by atoms with Crippen molar-refractivity contribution in [3.05, 3.63) is 34.9 Å². The lowest BCUT2D eigenvalue weighted by atomic mass is 10.2. The van der Waals surface area contributed by atoms with E-state index in [1.54, 1.807) is 6.07 Å². The van der Waals surface area contributed by atoms with Gasteiger partial charge in [-0.25, -0.2) is 9.78 Å². The number of nitrogens with two attached hydrogens (primary N) is 1. The van der Waals surface area contributed by atoms with Crippen molar-refractivity contribution in [2.24, 2.45) is 5.73 Å². The van der Waals surface area contributed by atoms with Gasteiger partial charge in [0.15, 0.2) is 0 Å². The SMILES string of the molecule is NC(=O)Oc1cc2ccccc2c(Br)n1. The first kappa shape index (κ1) is 9.92. The summed E-state index contributed by atoms with van der Waals surface area (Å²) in [6.45, 7) is 0. The smallest absolute Gasteiger partial charge is 0.391 e. The summed E-state index contributed by atoms with van der Waals surface area (Å²) in [5.74, 6) is 0.188. The molecule has 0 aliphatic heterocycles. The fourth-order valence-corrected chi connectivity index (χ4v) is 1.82. The van der Waals surface area contributed by atoms with Crippen LogP contribution in [0.2, 0.25) is 0 Å². The lowest BCUT2D eigenvalue weighted by Gasteiger charge is -2.03. The average Bonchev–Trinajstić information content (AvgIpc) is 2.16. The summed E-state index contributed by atoms with van der Waals surface area (Å²) in [6.07, 6.45) is -0.871. The summed E-state index contributed by atoms with van der Waals surface area (Å²) >= 11 is 3.29. The number of rotatable bonds is 1. The van der Waals surface area contributed by atoms with Crippen LogP contribution in [0.1, 0.15) is 0 Å². The summed E-state index contributed by atoms with van der Waals surface area (Å²) in [6, 6.07) is 9.27. The van der Waals surface area contributed by atoms with Crippen LogP contribution in [0.3, 0.4) is 0 Å². The number of primary amides is 1. The van der Waals surface area contributed by atoms with E-state index >= 15 is 0 Å². The number of benzene rings is 1. The first-order chi connectivity index (χ1) is 7.16. The van der Waals surface area contributed by atoms with E-state index in [9.17, 15) is 4.79 Å². The molecular formula is C10H7BrN2O2. The van der Waals surface area contributed by atoms with Gasteiger partial charge in [0, 0.05) is 11.5 Å². The molecule has 1 aromatic heterocycles. The van der Waals surface area contributed by atoms with Gasteiger partial charge in [0.05, 0.1) is 0 Å². The van der Waals surface area contributed by atoms with Crippen LogP contribution in [0, 0.1) is 0 Å². The average molecular weight is 267 g/mol. The zero-order valence-electron chi connectivity index (χ0n) is 7.61. The Labute approximate surface area is 94.2 Å². The van der Waals surface area contributed by atoms with Crippen molar-refractivity contribution in [2.45, 2.75) is 0 Å². The number of amides is 1. The van der Waals surface area contributed by atoms with Crippen molar-refractivity contribution < 1.29 is 9.53 Å². The third-order valence-corrected chi connectivity index (χ3v) is 2.48. The molecule has 0 radical (unpaired) electrons. The van der Waals surface area contributed by atoms with Gasteiger partial charge in [0.25, 0.3) is 0 Å². The molecule has 0 saturated carbocycles. The van der Waals surface area contributed by atoms with Crippen LogP contribution >= 0.6 is 15.9 Å². The second-order valence-corrected chi connectivity index (χ2v) is 3.64. The summed E-state index contributed by atoms with van der Waals surface area (Å²) in [5, 5.41) is 1.88. The number of fused-ring (bicyclic) bond motifs is 1. The molecule has 2 aromatic rings. The molecular weight excluding hydrogens is 260 g/mol. The third-order valence-electron chi connectivity index (χ3n) is 1.88. The van der Waals surface area contributed by atoms with Crippen molar-refractivity contribution >= 4 is 32.8 Å². The molecule has 15 heavy (non-hydrogen) atoms. The zero-order chi connectivity index (χ0) is 10.8. The third kappa shape index (κ3) is 2.07. The molecule has 2 N–H and O–H groups in total. The Balaban J connectivity index is 2.57. The molecule has 2 rings (SSSR count). The van der Waals surface area contributed by atoms with Gasteiger partial charge >= 0.3 is 6.09 Å². The summed E-state index contributed by atoms with van der Waals surface area (Å²) in [4.78, 5) is 14.6. The van der Waals surface area contributed by atoms with Gasteiger partial charge in [0.1, 0.15) is 4.60 Å². The van der Waals surface area contributed by atoms with Crippen LogP contribution in [-0.4, -0.2) is 11.1 Å². The topological polar surface area (TPSA) is 65.2 Å². The lowest BCUT2D eigenvalue weighted by molar-refractivity contribution is 0.209. The summed E-state index contributed by atoms with van der Waals surface area (Å²) < 4.78 is 5.32. The van der Waals surface area contributed by atoms with Crippen LogP contribution < -0.4 is 10.5 Å². The second-order valence-electron chi connectivity index (χ2n) is 2.89. The van der Waals surface area contributed by atoms with Crippen molar-refractivity contribution in [1.29, 1.82) is 0 Å². The second kappa shape index (κ2) is 3.86. The number of ether oxygens (including phenoxy) is 1. The number of hydrogen-bond acceptors (Lipinski definition) is 3. The Bertz CT molecular complexity index is 528. The first-order valence-electron chi connectivity index (χ1n) is 4.19. The molecule has 0 spiro atoms. The highest BCUT2D eigenvalue weighted by Crippen LogP contribution is 2.25. The maximum atomic E-state index is 10.6. The highest BCUT2D eigenvalue weighted by atomic mass is 79.9. The highest BCUT2D eigenvalue weighted by molar-refractivity contribution is 9.10. The van der Waals surface area contributed by atoms with Gasteiger partial charge in [0.2, 0.25) is 5.88 Å². The molecule has 0 fully saturated rings. The van der Waals surface area contributed by atoms with Crippen LogP contribution in [0.4, 0.5) is 4.79 Å². The minimum atomic E-state index is -0.871.